The number of aromatic nitrogens is 1. The minimum absolute atomic E-state index is 0.519. The lowest BCUT2D eigenvalue weighted by atomic mass is 9.99. The molecule has 0 bridgehead atoms. The molecule has 0 spiro atoms. The van der Waals surface area contributed by atoms with Crippen LogP contribution in [0.2, 0.25) is 0 Å². The minimum atomic E-state index is 0.519. The molecule has 0 radical (unpaired) electrons. The van der Waals surface area contributed by atoms with Gasteiger partial charge in [-0.2, -0.15) is 0 Å². The Labute approximate surface area is 158 Å². The van der Waals surface area contributed by atoms with Crippen molar-refractivity contribution in [3.63, 3.8) is 0 Å². The van der Waals surface area contributed by atoms with Crippen LogP contribution in [0.1, 0.15) is 59.9 Å². The van der Waals surface area contributed by atoms with E-state index in [1.165, 1.54) is 72.7 Å². The first kappa shape index (κ1) is 19.9. The molecule has 25 heavy (non-hydrogen) atoms. The second kappa shape index (κ2) is 9.36. The highest BCUT2D eigenvalue weighted by Gasteiger charge is 2.21. The van der Waals surface area contributed by atoms with Crippen molar-refractivity contribution < 1.29 is 4.79 Å². The van der Waals surface area contributed by atoms with Crippen molar-refractivity contribution in [1.29, 1.82) is 0 Å². The van der Waals surface area contributed by atoms with Gasteiger partial charge < -0.3 is 10.5 Å². The molecule has 4 nitrogen and oxygen atoms in total. The topological polar surface area (TPSA) is 82.0 Å². The number of carbonyl (C=O) groups excluding carboxylic acids is 1. The van der Waals surface area contributed by atoms with E-state index >= 15 is 0 Å². The number of fused-ring (bicyclic) bond motifs is 2. The van der Waals surface area contributed by atoms with Crippen LogP contribution in [0.4, 0.5) is 5.69 Å². The molecule has 0 saturated carbocycles. The highest BCUT2D eigenvalue weighted by Crippen LogP contribution is 2.36. The van der Waals surface area contributed by atoms with Crippen LogP contribution >= 0.6 is 23.3 Å². The van der Waals surface area contributed by atoms with Crippen LogP contribution in [-0.4, -0.2) is 11.8 Å². The Bertz CT molecular complexity index is 681. The number of nitrogens with zero attached hydrogens (tertiary/aromatic N) is 1. The Kier molecular flexibility index (Phi) is 7.47. The third-order valence-electron chi connectivity index (χ3n) is 4.63. The number of carbonyl (C=O) groups is 1. The number of thiazole rings is 1. The summed E-state index contributed by atoms with van der Waals surface area (Å²) in [4.78, 5) is 12.2. The van der Waals surface area contributed by atoms with Gasteiger partial charge in [-0.3, -0.25) is 5.14 Å². The van der Waals surface area contributed by atoms with Crippen molar-refractivity contribution >= 4 is 35.8 Å². The molecule has 0 fully saturated rings. The fraction of sp³-hybridized carbons (Fsp3) is 0.474. The molecule has 0 aliphatic heterocycles. The Morgan fingerprint density at radius 3 is 2.08 bits per heavy atom. The quantitative estimate of drug-likeness (QED) is 0.602. The first-order valence-corrected chi connectivity index (χ1v) is 10.3. The van der Waals surface area contributed by atoms with Gasteiger partial charge in [0.25, 0.3) is 0 Å². The Morgan fingerprint density at radius 1 is 1.12 bits per heavy atom. The van der Waals surface area contributed by atoms with Gasteiger partial charge in [0.1, 0.15) is 6.79 Å². The number of hydrogen-bond donors (Lipinski definition) is 2. The van der Waals surface area contributed by atoms with Crippen molar-refractivity contribution in [2.24, 2.45) is 5.14 Å². The van der Waals surface area contributed by atoms with Gasteiger partial charge in [0, 0.05) is 11.6 Å². The van der Waals surface area contributed by atoms with Crippen molar-refractivity contribution in [2.45, 2.75) is 62.5 Å². The summed E-state index contributed by atoms with van der Waals surface area (Å²) in [5.74, 6) is 0.519. The minimum Gasteiger partial charge on any atom is -0.398 e. The number of anilines is 1. The van der Waals surface area contributed by atoms with Crippen molar-refractivity contribution in [3.05, 3.63) is 39.5 Å². The third kappa shape index (κ3) is 4.63. The molecule has 1 heterocycles. The molecule has 136 valence electrons. The van der Waals surface area contributed by atoms with Crippen LogP contribution in [0.25, 0.3) is 0 Å². The average molecular weight is 378 g/mol. The zero-order chi connectivity index (χ0) is 18.4. The van der Waals surface area contributed by atoms with E-state index in [0.29, 0.717) is 5.92 Å². The van der Waals surface area contributed by atoms with Gasteiger partial charge in [0.05, 0.1) is 15.4 Å². The van der Waals surface area contributed by atoms with E-state index < -0.39 is 0 Å². The number of aryl methyl sites for hydroxylation is 2. The number of rotatable bonds is 2. The number of nitrogens with two attached hydrogens (primary N) is 2. The van der Waals surface area contributed by atoms with E-state index in [1.54, 1.807) is 11.3 Å². The van der Waals surface area contributed by atoms with Crippen LogP contribution in [0.15, 0.2) is 16.5 Å². The molecule has 1 aromatic heterocycles. The van der Waals surface area contributed by atoms with E-state index in [1.807, 2.05) is 13.0 Å². The molecule has 2 aliphatic rings. The molecule has 0 atom stereocenters. The normalized spacial score (nSPS) is 14.2. The van der Waals surface area contributed by atoms with E-state index in [2.05, 4.69) is 24.9 Å². The highest BCUT2D eigenvalue weighted by molar-refractivity contribution is 7.99. The molecule has 2 aliphatic carbocycles. The zero-order valence-corrected chi connectivity index (χ0v) is 16.6. The van der Waals surface area contributed by atoms with Crippen LogP contribution < -0.4 is 10.9 Å². The van der Waals surface area contributed by atoms with Crippen LogP contribution in [-0.2, 0) is 30.5 Å². The second-order valence-corrected chi connectivity index (χ2v) is 8.56. The standard InChI is InChI=1S/C12H15N.C6H10N2S2.CH2O/c13-12-10-5-1-3-8(10)7-9-4-2-6-11(9)12;1-4(2)6-8-3-5(9-6)10-7;1-2/h7H,1-6,13H2;3-4H,7H2,1-2H3;1H2. The lowest BCUT2D eigenvalue weighted by molar-refractivity contribution is -0.0979. The van der Waals surface area contributed by atoms with E-state index in [9.17, 15) is 0 Å². The molecule has 0 amide bonds. The molecule has 2 aromatic rings. The molecule has 6 heteroatoms. The summed E-state index contributed by atoms with van der Waals surface area (Å²) in [6.45, 7) is 6.26. The summed E-state index contributed by atoms with van der Waals surface area (Å²) in [5, 5.41) is 6.51. The number of nitrogen functional groups attached to an aromatic ring is 1. The number of hydrogen-bond acceptors (Lipinski definition) is 6. The van der Waals surface area contributed by atoms with Gasteiger partial charge in [-0.25, -0.2) is 4.98 Å². The maximum absolute atomic E-state index is 8.00. The molecular weight excluding hydrogens is 350 g/mol. The molecule has 0 saturated heterocycles. The molecule has 4 rings (SSSR count). The third-order valence-corrected chi connectivity index (χ3v) is 6.60. The highest BCUT2D eigenvalue weighted by atomic mass is 32.2. The Balaban J connectivity index is 0.000000170. The van der Waals surface area contributed by atoms with E-state index in [0.717, 1.165) is 14.9 Å². The van der Waals surface area contributed by atoms with Gasteiger partial charge in [-0.15, -0.1) is 11.3 Å². The Hall–Kier alpha value is -1.37. The molecule has 1 aromatic carbocycles. The van der Waals surface area contributed by atoms with Gasteiger partial charge in [-0.05, 0) is 72.7 Å². The monoisotopic (exact) mass is 377 g/mol. The summed E-state index contributed by atoms with van der Waals surface area (Å²) < 4.78 is 1.09. The fourth-order valence-corrected chi connectivity index (χ4v) is 4.67. The Morgan fingerprint density at radius 2 is 1.68 bits per heavy atom. The fourth-order valence-electron chi connectivity index (χ4n) is 3.45. The summed E-state index contributed by atoms with van der Waals surface area (Å²) in [5.41, 5.74) is 13.4. The van der Waals surface area contributed by atoms with Crippen LogP contribution in [0.3, 0.4) is 0 Å². The van der Waals surface area contributed by atoms with Gasteiger partial charge in [0.15, 0.2) is 0 Å². The lowest BCUT2D eigenvalue weighted by Gasteiger charge is -2.10. The number of benzene rings is 1. The first-order chi connectivity index (χ1) is 12.1. The predicted molar refractivity (Wildman–Crippen MR) is 108 cm³/mol. The predicted octanol–water partition coefficient (Wildman–Crippen LogP) is 4.29. The molecule has 0 unspecified atom stereocenters. The maximum atomic E-state index is 8.00. The average Bonchev–Trinajstić information content (AvgIpc) is 3.37. The van der Waals surface area contributed by atoms with Crippen molar-refractivity contribution in [1.82, 2.24) is 4.98 Å². The molecular formula is C19H27N3OS2. The SMILES string of the molecule is C=O.CC(C)c1ncc(SN)s1.Nc1c2c(cc3c1CCC3)CCC2. The summed E-state index contributed by atoms with van der Waals surface area (Å²) >= 11 is 2.93. The van der Waals surface area contributed by atoms with Crippen LogP contribution in [0, 0.1) is 0 Å². The van der Waals surface area contributed by atoms with Gasteiger partial charge in [0.2, 0.25) is 0 Å². The summed E-state index contributed by atoms with van der Waals surface area (Å²) in [6, 6.07) is 2.42. The van der Waals surface area contributed by atoms with Crippen molar-refractivity contribution in [2.75, 3.05) is 5.73 Å². The first-order valence-electron chi connectivity index (χ1n) is 8.63. The summed E-state index contributed by atoms with van der Waals surface area (Å²) in [7, 11) is 0. The smallest absolute Gasteiger partial charge is 0.106 e. The zero-order valence-electron chi connectivity index (χ0n) is 15.0. The van der Waals surface area contributed by atoms with Crippen LogP contribution in [0.5, 0.6) is 0 Å². The van der Waals surface area contributed by atoms with E-state index in [-0.39, 0.29) is 0 Å². The van der Waals surface area contributed by atoms with Gasteiger partial charge >= 0.3 is 0 Å². The maximum Gasteiger partial charge on any atom is 0.106 e. The summed E-state index contributed by atoms with van der Waals surface area (Å²) in [6.07, 6.45) is 9.39. The lowest BCUT2D eigenvalue weighted by Crippen LogP contribution is -1.99. The largest absolute Gasteiger partial charge is 0.398 e. The van der Waals surface area contributed by atoms with E-state index in [4.69, 9.17) is 15.7 Å². The molecule has 4 N–H and O–H groups in total. The van der Waals surface area contributed by atoms with Gasteiger partial charge in [-0.1, -0.05) is 19.9 Å². The second-order valence-electron chi connectivity index (χ2n) is 6.56. The van der Waals surface area contributed by atoms with Crippen molar-refractivity contribution in [3.8, 4) is 0 Å².